The fraction of sp³-hybridized carbons (Fsp3) is 0.833. The molecule has 13 nitrogen and oxygen atoms in total. The van der Waals surface area contributed by atoms with E-state index in [4.69, 9.17) is 5.11 Å². The zero-order chi connectivity index (χ0) is 23.4. The van der Waals surface area contributed by atoms with Crippen molar-refractivity contribution < 1.29 is 85.0 Å². The summed E-state index contributed by atoms with van der Waals surface area (Å²) in [6.45, 7) is 0.396. The quantitative estimate of drug-likeness (QED) is 0.142. The van der Waals surface area contributed by atoms with E-state index in [1.807, 2.05) is 0 Å². The van der Waals surface area contributed by atoms with Crippen molar-refractivity contribution in [2.75, 3.05) is 85.2 Å². The molecular weight excluding hydrogens is 573 g/mol. The predicted molar refractivity (Wildman–Crippen MR) is 108 cm³/mol. The monoisotopic (exact) mass is 608 g/mol. The average Bonchev–Trinajstić information content (AvgIpc) is 2.68. The Kier molecular flexibility index (Phi) is 16.7. The number of hydrogen-bond donors (Lipinski definition) is 6. The van der Waals surface area contributed by atoms with Gasteiger partial charge in [0.1, 0.15) is 0 Å². The van der Waals surface area contributed by atoms with Crippen LogP contribution in [0.15, 0.2) is 0 Å². The van der Waals surface area contributed by atoms with Crippen LogP contribution in [-0.4, -0.2) is 165 Å². The third-order valence-corrected chi connectivity index (χ3v) is 5.24. The molecule has 1 aliphatic rings. The van der Waals surface area contributed by atoms with E-state index in [2.05, 4.69) is 0 Å². The number of carboxylic acids is 3. The Balaban J connectivity index is 0.00000961. The van der Waals surface area contributed by atoms with E-state index in [-0.39, 0.29) is 112 Å². The molecule has 0 aliphatic carbocycles. The van der Waals surface area contributed by atoms with Gasteiger partial charge in [-0.25, -0.2) is 0 Å². The summed E-state index contributed by atoms with van der Waals surface area (Å²) in [4.78, 5) is 40.3. The number of aliphatic carboxylic acids is 3. The van der Waals surface area contributed by atoms with Crippen LogP contribution in [0.25, 0.3) is 0 Å². The summed E-state index contributed by atoms with van der Waals surface area (Å²) in [7, 11) is 0. The van der Waals surface area contributed by atoms with Gasteiger partial charge < -0.3 is 30.6 Å². The topological polar surface area (TPSA) is 186 Å². The number of aliphatic hydroxyl groups excluding tert-OH is 3. The molecule has 1 rings (SSSR count). The molecule has 0 amide bonds. The molecule has 2 atom stereocenters. The summed E-state index contributed by atoms with van der Waals surface area (Å²) in [5.41, 5.74) is 0. The molecule has 2 unspecified atom stereocenters. The van der Waals surface area contributed by atoms with Gasteiger partial charge in [0.15, 0.2) is 0 Å². The van der Waals surface area contributed by atoms with E-state index in [1.54, 1.807) is 19.6 Å². The third-order valence-electron chi connectivity index (χ3n) is 5.24. The Morgan fingerprint density at radius 1 is 0.625 bits per heavy atom. The van der Waals surface area contributed by atoms with Gasteiger partial charge in [-0.15, -0.1) is 0 Å². The summed E-state index contributed by atoms with van der Waals surface area (Å²) in [5.74, 6) is -3.10. The molecule has 6 N–H and O–H groups in total. The summed E-state index contributed by atoms with van der Waals surface area (Å²) in [5, 5.41) is 56.6. The van der Waals surface area contributed by atoms with Crippen molar-refractivity contribution in [2.45, 2.75) is 12.1 Å². The molecule has 1 heterocycles. The maximum absolute atomic E-state index is 11.2. The standard InChI is InChI=1S/C18H34N4O9.Gd/c23-12-14(15(25)13-24)22-7-5-20(10-17(28)29)3-1-19(9-16(26)27)2-4-21(6-8-22)11-18(30)31;/h14-15,23-25H,1-13H2,(H,26,27)(H,28,29)(H,30,31);/q;+3. The Labute approximate surface area is 218 Å². The number of nitrogens with zero attached hydrogens (tertiary/aromatic N) is 4. The number of aliphatic hydroxyl groups is 3. The van der Waals surface area contributed by atoms with E-state index >= 15 is 0 Å². The molecule has 0 aromatic rings. The average molecular weight is 608 g/mol. The van der Waals surface area contributed by atoms with E-state index in [9.17, 15) is 39.9 Å². The minimum Gasteiger partial charge on any atom is -0.480 e. The van der Waals surface area contributed by atoms with Crippen LogP contribution >= 0.6 is 0 Å². The van der Waals surface area contributed by atoms with Gasteiger partial charge >= 0.3 is 57.8 Å². The molecule has 1 fully saturated rings. The maximum Gasteiger partial charge on any atom is 3.00 e. The largest absolute Gasteiger partial charge is 3.00 e. The fourth-order valence-corrected chi connectivity index (χ4v) is 3.53. The molecule has 0 aromatic carbocycles. The number of carbonyl (C=O) groups is 3. The van der Waals surface area contributed by atoms with Crippen molar-refractivity contribution in [3.63, 3.8) is 0 Å². The van der Waals surface area contributed by atoms with E-state index < -0.39 is 43.3 Å². The van der Waals surface area contributed by atoms with Gasteiger partial charge in [-0.05, 0) is 0 Å². The Hall–Kier alpha value is -0.545. The fourth-order valence-electron chi connectivity index (χ4n) is 3.53. The summed E-state index contributed by atoms with van der Waals surface area (Å²) < 4.78 is 0. The second-order valence-electron chi connectivity index (χ2n) is 7.55. The molecule has 1 radical (unpaired) electrons. The van der Waals surface area contributed by atoms with Crippen LogP contribution in [0.1, 0.15) is 0 Å². The normalized spacial score (nSPS) is 20.3. The first-order valence-electron chi connectivity index (χ1n) is 10.1. The molecule has 0 spiro atoms. The van der Waals surface area contributed by atoms with Gasteiger partial charge in [0.25, 0.3) is 0 Å². The molecule has 0 saturated carbocycles. The number of carboxylic acid groups (broad SMARTS) is 3. The van der Waals surface area contributed by atoms with Gasteiger partial charge in [-0.2, -0.15) is 0 Å². The smallest absolute Gasteiger partial charge is 0.480 e. The van der Waals surface area contributed by atoms with Crippen molar-refractivity contribution in [3.05, 3.63) is 0 Å². The molecule has 0 aromatic heterocycles. The van der Waals surface area contributed by atoms with Gasteiger partial charge in [0.05, 0.1) is 45.0 Å². The van der Waals surface area contributed by atoms with Gasteiger partial charge in [-0.3, -0.25) is 34.0 Å². The van der Waals surface area contributed by atoms with Crippen molar-refractivity contribution in [1.29, 1.82) is 0 Å². The SMILES string of the molecule is O=C(O)CN1CCN(CC(=O)O)CCN(C(CO)C(O)CO)CCN(CC(=O)O)CC1.[Gd+3]. The molecule has 14 heteroatoms. The van der Waals surface area contributed by atoms with Gasteiger partial charge in [0.2, 0.25) is 0 Å². The van der Waals surface area contributed by atoms with Crippen molar-refractivity contribution >= 4 is 17.9 Å². The van der Waals surface area contributed by atoms with Crippen LogP contribution in [0, 0.1) is 39.9 Å². The molecule has 32 heavy (non-hydrogen) atoms. The minimum atomic E-state index is -1.22. The summed E-state index contributed by atoms with van der Waals surface area (Å²) in [6, 6.07) is -0.796. The second-order valence-corrected chi connectivity index (χ2v) is 7.55. The first kappa shape index (κ1) is 31.5. The first-order chi connectivity index (χ1) is 14.7. The Bertz CT molecular complexity index is 555. The summed E-state index contributed by atoms with van der Waals surface area (Å²) >= 11 is 0. The van der Waals surface area contributed by atoms with E-state index in [0.29, 0.717) is 0 Å². The zero-order valence-electron chi connectivity index (χ0n) is 17.9. The van der Waals surface area contributed by atoms with E-state index in [1.165, 1.54) is 0 Å². The minimum absolute atomic E-state index is 0. The van der Waals surface area contributed by atoms with Crippen molar-refractivity contribution in [1.82, 2.24) is 19.6 Å². The van der Waals surface area contributed by atoms with Crippen molar-refractivity contribution in [3.8, 4) is 0 Å². The Morgan fingerprint density at radius 2 is 0.938 bits per heavy atom. The van der Waals surface area contributed by atoms with Crippen LogP contribution < -0.4 is 0 Å². The second kappa shape index (κ2) is 17.0. The summed E-state index contributed by atoms with van der Waals surface area (Å²) in [6.07, 6.45) is -1.22. The van der Waals surface area contributed by atoms with E-state index in [0.717, 1.165) is 0 Å². The maximum atomic E-state index is 11.2. The molecule has 1 saturated heterocycles. The number of rotatable bonds is 10. The van der Waals surface area contributed by atoms with Gasteiger partial charge in [0, 0.05) is 52.4 Å². The third kappa shape index (κ3) is 12.6. The molecule has 185 valence electrons. The zero-order valence-corrected chi connectivity index (χ0v) is 20.2. The van der Waals surface area contributed by atoms with Crippen LogP contribution in [0.3, 0.4) is 0 Å². The molecule has 0 bridgehead atoms. The van der Waals surface area contributed by atoms with Crippen LogP contribution in [-0.2, 0) is 14.4 Å². The first-order valence-corrected chi connectivity index (χ1v) is 10.1. The van der Waals surface area contributed by atoms with Crippen LogP contribution in [0.2, 0.25) is 0 Å². The molecular formula is C18H34GdN4O9+3. The predicted octanol–water partition coefficient (Wildman–Crippen LogP) is -3.82. The van der Waals surface area contributed by atoms with Gasteiger partial charge in [-0.1, -0.05) is 0 Å². The van der Waals surface area contributed by atoms with Crippen LogP contribution in [0.5, 0.6) is 0 Å². The van der Waals surface area contributed by atoms with Crippen LogP contribution in [0.4, 0.5) is 0 Å². The van der Waals surface area contributed by atoms with Crippen molar-refractivity contribution in [2.24, 2.45) is 0 Å². The number of hydrogen-bond acceptors (Lipinski definition) is 10. The molecule has 1 aliphatic heterocycles. The Morgan fingerprint density at radius 3 is 1.19 bits per heavy atom.